The van der Waals surface area contributed by atoms with Crippen LogP contribution < -0.4 is 10.6 Å². The van der Waals surface area contributed by atoms with Crippen LogP contribution in [0, 0.1) is 5.82 Å². The number of carbonyl (C=O) groups excluding carboxylic acids is 2. The van der Waals surface area contributed by atoms with Crippen LogP contribution in [0.3, 0.4) is 0 Å². The molecule has 2 atom stereocenters. The van der Waals surface area contributed by atoms with Gasteiger partial charge in [-0.05, 0) is 37.5 Å². The summed E-state index contributed by atoms with van der Waals surface area (Å²) in [4.78, 5) is 28.2. The van der Waals surface area contributed by atoms with E-state index in [1.54, 1.807) is 0 Å². The summed E-state index contributed by atoms with van der Waals surface area (Å²) in [6, 6.07) is 3.98. The molecule has 0 radical (unpaired) electrons. The van der Waals surface area contributed by atoms with Crippen LogP contribution in [0.5, 0.6) is 0 Å². The van der Waals surface area contributed by atoms with Crippen LogP contribution in [0.4, 0.5) is 23.2 Å². The lowest BCUT2D eigenvalue weighted by atomic mass is 9.87. The summed E-state index contributed by atoms with van der Waals surface area (Å²) >= 11 is 5.70. The van der Waals surface area contributed by atoms with Crippen molar-refractivity contribution in [3.63, 3.8) is 0 Å². The number of halogens is 5. The number of hydrogen-bond acceptors (Lipinski definition) is 4. The predicted octanol–water partition coefficient (Wildman–Crippen LogP) is 2.39. The third kappa shape index (κ3) is 4.26. The summed E-state index contributed by atoms with van der Waals surface area (Å²) in [7, 11) is 0. The monoisotopic (exact) mass is 448 g/mol. The van der Waals surface area contributed by atoms with Crippen molar-refractivity contribution in [3.8, 4) is 0 Å². The van der Waals surface area contributed by atoms with Crippen molar-refractivity contribution in [2.24, 2.45) is 0 Å². The SMILES string of the molecule is O=C(CN1CC2CC(C1)N2CC(=O)NC1(C(F)(F)F)CC1)Nc1ccc(F)c(Cl)c1. The van der Waals surface area contributed by atoms with E-state index in [0.29, 0.717) is 18.8 Å². The smallest absolute Gasteiger partial charge is 0.341 e. The van der Waals surface area contributed by atoms with E-state index in [1.807, 2.05) is 9.80 Å². The zero-order valence-corrected chi connectivity index (χ0v) is 16.7. The first-order valence-corrected chi connectivity index (χ1v) is 10.0. The Labute approximate surface area is 175 Å². The minimum atomic E-state index is -4.42. The number of amides is 2. The molecular weight excluding hydrogens is 428 g/mol. The fourth-order valence-corrected chi connectivity index (χ4v) is 4.40. The maximum atomic E-state index is 13.2. The number of carbonyl (C=O) groups is 2. The average molecular weight is 449 g/mol. The first kappa shape index (κ1) is 21.3. The highest BCUT2D eigenvalue weighted by atomic mass is 35.5. The second kappa shape index (κ2) is 7.65. The Bertz CT molecular complexity index is 849. The van der Waals surface area contributed by atoms with Crippen molar-refractivity contribution >= 4 is 29.1 Å². The lowest BCUT2D eigenvalue weighted by molar-refractivity contribution is -0.172. The lowest BCUT2D eigenvalue weighted by Crippen LogP contribution is -2.70. The third-order valence-electron chi connectivity index (χ3n) is 5.99. The molecule has 3 saturated heterocycles. The number of alkyl halides is 3. The molecule has 1 aliphatic carbocycles. The summed E-state index contributed by atoms with van der Waals surface area (Å²) in [5.74, 6) is -1.46. The molecule has 2 bridgehead atoms. The molecule has 2 N–H and O–H groups in total. The highest BCUT2D eigenvalue weighted by molar-refractivity contribution is 6.31. The van der Waals surface area contributed by atoms with Crippen molar-refractivity contribution in [1.29, 1.82) is 0 Å². The number of nitrogens with zero attached hydrogens (tertiary/aromatic N) is 2. The number of benzene rings is 1. The number of piperazine rings is 1. The molecule has 0 aromatic heterocycles. The first-order chi connectivity index (χ1) is 14.1. The first-order valence-electron chi connectivity index (χ1n) is 9.67. The van der Waals surface area contributed by atoms with Crippen molar-refractivity contribution in [2.45, 2.75) is 43.1 Å². The minimum absolute atomic E-state index is 0.0311. The van der Waals surface area contributed by atoms with Gasteiger partial charge in [0.2, 0.25) is 11.8 Å². The molecule has 1 aromatic rings. The summed E-state index contributed by atoms with van der Waals surface area (Å²) in [6.45, 7) is 1.15. The van der Waals surface area contributed by atoms with Gasteiger partial charge in [0.1, 0.15) is 11.4 Å². The van der Waals surface area contributed by atoms with Crippen LogP contribution >= 0.6 is 11.6 Å². The van der Waals surface area contributed by atoms with E-state index in [-0.39, 0.29) is 48.9 Å². The summed E-state index contributed by atoms with van der Waals surface area (Å²) in [5, 5.41) is 4.73. The fourth-order valence-electron chi connectivity index (χ4n) is 4.22. The van der Waals surface area contributed by atoms with E-state index in [4.69, 9.17) is 11.6 Å². The van der Waals surface area contributed by atoms with Gasteiger partial charge in [0.25, 0.3) is 0 Å². The Morgan fingerprint density at radius 2 is 1.80 bits per heavy atom. The van der Waals surface area contributed by atoms with Gasteiger partial charge in [-0.15, -0.1) is 0 Å². The maximum Gasteiger partial charge on any atom is 0.411 e. The summed E-state index contributed by atoms with van der Waals surface area (Å²) < 4.78 is 52.2. The maximum absolute atomic E-state index is 13.2. The molecule has 3 heterocycles. The van der Waals surface area contributed by atoms with Crippen LogP contribution in [0.1, 0.15) is 19.3 Å². The highest BCUT2D eigenvalue weighted by Crippen LogP contribution is 2.49. The van der Waals surface area contributed by atoms with Crippen LogP contribution in [-0.2, 0) is 9.59 Å². The molecule has 5 rings (SSSR count). The van der Waals surface area contributed by atoms with Crippen LogP contribution in [0.15, 0.2) is 18.2 Å². The second-order valence-corrected chi connectivity index (χ2v) is 8.62. The van der Waals surface area contributed by atoms with Gasteiger partial charge in [-0.1, -0.05) is 11.6 Å². The van der Waals surface area contributed by atoms with E-state index in [2.05, 4.69) is 10.6 Å². The van der Waals surface area contributed by atoms with Gasteiger partial charge in [0.15, 0.2) is 0 Å². The Kier molecular flexibility index (Phi) is 5.44. The van der Waals surface area contributed by atoms with Gasteiger partial charge in [-0.3, -0.25) is 19.4 Å². The molecule has 2 amide bonds. The Morgan fingerprint density at radius 3 is 2.37 bits per heavy atom. The minimum Gasteiger partial charge on any atom is -0.341 e. The number of rotatable bonds is 6. The van der Waals surface area contributed by atoms with Gasteiger partial charge >= 0.3 is 6.18 Å². The molecule has 2 unspecified atom stereocenters. The molecule has 3 aliphatic heterocycles. The zero-order chi connectivity index (χ0) is 21.7. The molecule has 1 aromatic carbocycles. The van der Waals surface area contributed by atoms with Crippen molar-refractivity contribution in [2.75, 3.05) is 31.5 Å². The number of hydrogen-bond donors (Lipinski definition) is 2. The largest absolute Gasteiger partial charge is 0.411 e. The second-order valence-electron chi connectivity index (χ2n) is 8.21. The Balaban J connectivity index is 1.24. The number of fused-ring (bicyclic) bond motifs is 2. The zero-order valence-electron chi connectivity index (χ0n) is 15.9. The highest BCUT2D eigenvalue weighted by Gasteiger charge is 2.64. The molecule has 1 saturated carbocycles. The number of anilines is 1. The van der Waals surface area contributed by atoms with Gasteiger partial charge in [0.05, 0.1) is 18.1 Å². The lowest BCUT2D eigenvalue weighted by Gasteiger charge is -2.56. The Hall–Kier alpha value is -1.91. The normalized spacial score (nSPS) is 25.4. The molecule has 164 valence electrons. The summed E-state index contributed by atoms with van der Waals surface area (Å²) in [6.07, 6.45) is -3.72. The average Bonchev–Trinajstić information content (AvgIpc) is 3.43. The van der Waals surface area contributed by atoms with E-state index in [0.717, 1.165) is 6.42 Å². The van der Waals surface area contributed by atoms with Crippen LogP contribution in [-0.4, -0.2) is 71.6 Å². The van der Waals surface area contributed by atoms with E-state index >= 15 is 0 Å². The number of nitrogens with one attached hydrogen (secondary N) is 2. The van der Waals surface area contributed by atoms with Gasteiger partial charge < -0.3 is 10.6 Å². The van der Waals surface area contributed by atoms with Crippen molar-refractivity contribution in [1.82, 2.24) is 15.1 Å². The fraction of sp³-hybridized carbons (Fsp3) is 0.579. The van der Waals surface area contributed by atoms with Crippen molar-refractivity contribution < 1.29 is 27.2 Å². The van der Waals surface area contributed by atoms with Crippen LogP contribution in [0.25, 0.3) is 0 Å². The Morgan fingerprint density at radius 1 is 1.13 bits per heavy atom. The van der Waals surface area contributed by atoms with Crippen LogP contribution in [0.2, 0.25) is 5.02 Å². The topological polar surface area (TPSA) is 64.7 Å². The van der Waals surface area contributed by atoms with Gasteiger partial charge in [0, 0.05) is 30.9 Å². The third-order valence-corrected chi connectivity index (χ3v) is 6.28. The quantitative estimate of drug-likeness (QED) is 0.656. The predicted molar refractivity (Wildman–Crippen MR) is 102 cm³/mol. The standard InChI is InChI=1S/C19H21ClF4N4O2/c20-14-5-11(1-2-15(14)21)25-16(29)9-27-7-12-6-13(8-27)28(12)10-17(30)26-18(3-4-18)19(22,23)24/h1-2,5,12-13H,3-4,6-10H2,(H,25,29)(H,26,30). The van der Waals surface area contributed by atoms with E-state index < -0.39 is 23.4 Å². The van der Waals surface area contributed by atoms with Gasteiger partial charge in [-0.2, -0.15) is 13.2 Å². The summed E-state index contributed by atoms with van der Waals surface area (Å²) in [5.41, 5.74) is -1.65. The van der Waals surface area contributed by atoms with Crippen molar-refractivity contribution in [3.05, 3.63) is 29.0 Å². The molecule has 4 fully saturated rings. The molecule has 6 nitrogen and oxygen atoms in total. The van der Waals surface area contributed by atoms with Gasteiger partial charge in [-0.25, -0.2) is 4.39 Å². The van der Waals surface area contributed by atoms with E-state index in [9.17, 15) is 27.2 Å². The molecule has 11 heteroatoms. The molecule has 4 aliphatic rings. The molecular formula is C19H21ClF4N4O2. The molecule has 30 heavy (non-hydrogen) atoms. The molecule has 0 spiro atoms. The number of piperidine rings is 1. The van der Waals surface area contributed by atoms with E-state index in [1.165, 1.54) is 18.2 Å².